The summed E-state index contributed by atoms with van der Waals surface area (Å²) in [7, 11) is -6.48. The molecule has 0 radical (unpaired) electrons. The van der Waals surface area contributed by atoms with Crippen LogP contribution in [0.2, 0.25) is 0 Å². The second-order valence-corrected chi connectivity index (χ2v) is 16.1. The fourth-order valence-electron chi connectivity index (χ4n) is 5.58. The van der Waals surface area contributed by atoms with Crippen molar-refractivity contribution in [2.75, 3.05) is 0 Å². The van der Waals surface area contributed by atoms with Gasteiger partial charge in [-0.05, 0) is 82.0 Å². The van der Waals surface area contributed by atoms with E-state index < -0.39 is 14.1 Å². The van der Waals surface area contributed by atoms with Crippen molar-refractivity contribution in [3.8, 4) is 0 Å². The van der Waals surface area contributed by atoms with Gasteiger partial charge >= 0.3 is 0 Å². The van der Waals surface area contributed by atoms with E-state index in [9.17, 15) is 0 Å². The van der Waals surface area contributed by atoms with E-state index in [1.54, 1.807) is 0 Å². The molecule has 6 aromatic carbocycles. The molecule has 206 valence electrons. The Morgan fingerprint density at radius 3 is 0.548 bits per heavy atom. The molecule has 0 N–H and O–H groups in total. The van der Waals surface area contributed by atoms with Crippen molar-refractivity contribution >= 4 is 45.9 Å². The minimum Gasteiger partial charge on any atom is -0.491 e. The van der Waals surface area contributed by atoms with Gasteiger partial charge in [0.25, 0.3) is 14.1 Å². The van der Waals surface area contributed by atoms with Crippen molar-refractivity contribution in [1.82, 2.24) is 0 Å². The summed E-state index contributed by atoms with van der Waals surface area (Å²) in [6.45, 7) is 0. The molecular weight excluding hydrogens is 554 g/mol. The van der Waals surface area contributed by atoms with Crippen LogP contribution in [0.15, 0.2) is 182 Å². The van der Waals surface area contributed by atoms with Crippen LogP contribution in [0.25, 0.3) is 0 Å². The molecule has 0 aliphatic carbocycles. The normalized spacial score (nSPS) is 11.6. The van der Waals surface area contributed by atoms with Gasteiger partial charge in [0.1, 0.15) is 0 Å². The molecule has 0 saturated carbocycles. The Morgan fingerprint density at radius 1 is 0.262 bits per heavy atom. The largest absolute Gasteiger partial charge is 0.491 e. The first kappa shape index (κ1) is 27.8. The van der Waals surface area contributed by atoms with Gasteiger partial charge in [0.2, 0.25) is 0 Å². The first-order valence-electron chi connectivity index (χ1n) is 13.8. The van der Waals surface area contributed by atoms with E-state index in [0.29, 0.717) is 0 Å². The first-order chi connectivity index (χ1) is 20.7. The predicted molar refractivity (Wildman–Crippen MR) is 178 cm³/mol. The molecule has 0 bridgehead atoms. The maximum absolute atomic E-state index is 15.5. The molecule has 6 rings (SSSR count). The molecule has 42 heavy (non-hydrogen) atoms. The van der Waals surface area contributed by atoms with Gasteiger partial charge in [-0.15, -0.1) is 0 Å². The Bertz CT molecular complexity index is 1530. The summed E-state index contributed by atoms with van der Waals surface area (Å²) >= 11 is 0. The van der Waals surface area contributed by atoms with Gasteiger partial charge in [-0.1, -0.05) is 109 Å². The molecule has 0 saturated heterocycles. The van der Waals surface area contributed by atoms with Crippen LogP contribution in [0.3, 0.4) is 0 Å². The van der Waals surface area contributed by atoms with Crippen LogP contribution in [0.4, 0.5) is 0 Å². The molecule has 0 aliphatic rings. The van der Waals surface area contributed by atoms with E-state index in [4.69, 9.17) is 0 Å². The summed E-state index contributed by atoms with van der Waals surface area (Å²) in [5.74, 6) is 0. The Kier molecular flexibility index (Phi) is 8.15. The molecule has 0 heterocycles. The topological polar surface area (TPSA) is 52.1 Å². The molecule has 0 aromatic heterocycles. The third-order valence-electron chi connectivity index (χ3n) is 7.44. The average molecular weight is 585 g/mol. The lowest BCUT2D eigenvalue weighted by molar-refractivity contribution is -1.03. The van der Waals surface area contributed by atoms with Gasteiger partial charge in [-0.2, -0.15) is 0 Å². The summed E-state index contributed by atoms with van der Waals surface area (Å²) in [6.07, 6.45) is 0. The van der Waals surface area contributed by atoms with Gasteiger partial charge in [-0.3, -0.25) is 0 Å². The van der Waals surface area contributed by atoms with Crippen LogP contribution in [0.1, 0.15) is 0 Å². The zero-order valence-corrected chi connectivity index (χ0v) is 24.7. The number of rotatable bonds is 7. The highest BCUT2D eigenvalue weighted by Crippen LogP contribution is 2.51. The predicted octanol–water partition coefficient (Wildman–Crippen LogP) is 6.28. The van der Waals surface area contributed by atoms with Crippen LogP contribution in [0, 0.1) is 10.4 Å². The minimum absolute atomic E-state index is 0.799. The Hall–Kier alpha value is -4.30. The molecule has 0 atom stereocenters. The molecule has 0 fully saturated rings. The summed E-state index contributed by atoms with van der Waals surface area (Å²) in [5.41, 5.74) is 0. The van der Waals surface area contributed by atoms with Crippen LogP contribution in [0.5, 0.6) is 0 Å². The van der Waals surface area contributed by atoms with E-state index in [2.05, 4.69) is 0 Å². The second-order valence-electron chi connectivity index (χ2n) is 9.79. The van der Waals surface area contributed by atoms with Gasteiger partial charge in [0.05, 0.1) is 0 Å². The fourth-order valence-corrected chi connectivity index (χ4v) is 13.4. The molecule has 0 unspecified atom stereocenters. The fraction of sp³-hybridized carbons (Fsp3) is 0. The number of hydrogen-bond donors (Lipinski definition) is 0. The van der Waals surface area contributed by atoms with E-state index in [1.165, 1.54) is 0 Å². The highest BCUT2D eigenvalue weighted by Gasteiger charge is 2.45. The van der Waals surface area contributed by atoms with Gasteiger partial charge < -0.3 is 10.4 Å². The molecule has 6 aromatic rings. The van der Waals surface area contributed by atoms with E-state index >= 15 is 10.4 Å². The van der Waals surface area contributed by atoms with Gasteiger partial charge in [-0.25, -0.2) is 0 Å². The quantitative estimate of drug-likeness (QED) is 0.164. The zero-order chi connectivity index (χ0) is 28.8. The van der Waals surface area contributed by atoms with Crippen molar-refractivity contribution in [1.29, 1.82) is 0 Å². The summed E-state index contributed by atoms with van der Waals surface area (Å²) in [4.78, 5) is 0. The third-order valence-corrected chi connectivity index (χ3v) is 15.2. The van der Waals surface area contributed by atoms with Crippen molar-refractivity contribution in [2.24, 2.45) is 0 Å². The SMILES string of the molecule is [O-][N+]([N+]([O-])=P(c1ccccc1)(c1ccccc1)c1ccccc1)=P(c1ccccc1)(c1ccccc1)c1ccccc1. The molecule has 0 aliphatic heterocycles. The molecule has 0 spiro atoms. The third kappa shape index (κ3) is 4.69. The number of benzene rings is 6. The Balaban J connectivity index is 1.93. The molecule has 0 amide bonds. The smallest absolute Gasteiger partial charge is 0.258 e. The highest BCUT2D eigenvalue weighted by atomic mass is 31.2. The summed E-state index contributed by atoms with van der Waals surface area (Å²) < 4.78 is 1.60. The Morgan fingerprint density at radius 2 is 0.405 bits per heavy atom. The standard InChI is InChI=1S/C36H30N2O2P2/c39-37(41(31-19-7-1-8-20-31,32-21-9-2-10-22-32)33-23-11-3-12-24-33)38(40)42(34-25-13-4-14-26-34,35-27-15-5-16-28-35)36-29-17-6-18-30-36/h1-30H. The first-order valence-corrected chi connectivity index (χ1v) is 17.3. The molecule has 6 heteroatoms. The van der Waals surface area contributed by atoms with Gasteiger partial charge in [0.15, 0.2) is 0 Å². The lowest BCUT2D eigenvalue weighted by atomic mass is 10.4. The van der Waals surface area contributed by atoms with Crippen molar-refractivity contribution < 1.29 is 9.20 Å². The maximum Gasteiger partial charge on any atom is 0.258 e. The lowest BCUT2D eigenvalue weighted by Crippen LogP contribution is -2.38. The minimum atomic E-state index is -3.24. The van der Waals surface area contributed by atoms with Gasteiger partial charge in [0, 0.05) is 31.8 Å². The highest BCUT2D eigenvalue weighted by molar-refractivity contribution is 7.86. The average Bonchev–Trinajstić information content (AvgIpc) is 3.08. The van der Waals surface area contributed by atoms with Crippen LogP contribution in [-0.4, -0.2) is 9.20 Å². The molecule has 4 nitrogen and oxygen atoms in total. The van der Waals surface area contributed by atoms with E-state index in [1.807, 2.05) is 182 Å². The van der Waals surface area contributed by atoms with Crippen molar-refractivity contribution in [2.45, 2.75) is 0 Å². The van der Waals surface area contributed by atoms with Crippen LogP contribution in [-0.2, 0) is 0 Å². The summed E-state index contributed by atoms with van der Waals surface area (Å²) in [6, 6.07) is 58.5. The van der Waals surface area contributed by atoms with Crippen LogP contribution < -0.4 is 31.8 Å². The van der Waals surface area contributed by atoms with Crippen molar-refractivity contribution in [3.63, 3.8) is 0 Å². The number of hydrazine groups is 1. The molecular formula is C36H30N2O2P2. The zero-order valence-electron chi connectivity index (χ0n) is 22.9. The second kappa shape index (κ2) is 12.3. The monoisotopic (exact) mass is 584 g/mol. The Labute approximate surface area is 247 Å². The van der Waals surface area contributed by atoms with E-state index in [0.717, 1.165) is 41.0 Å². The lowest BCUT2D eigenvalue weighted by Gasteiger charge is -2.29. The van der Waals surface area contributed by atoms with Crippen LogP contribution >= 0.6 is 14.1 Å². The number of hydrogen-bond acceptors (Lipinski definition) is 2. The van der Waals surface area contributed by atoms with E-state index in [-0.39, 0.29) is 0 Å². The number of nitrogens with zero attached hydrogens (tertiary/aromatic N) is 2. The maximum atomic E-state index is 15.5. The van der Waals surface area contributed by atoms with Crippen molar-refractivity contribution in [3.05, 3.63) is 192 Å². The summed E-state index contributed by atoms with van der Waals surface area (Å²) in [5, 5.41) is 35.9.